The van der Waals surface area contributed by atoms with Crippen molar-refractivity contribution < 1.29 is 34.0 Å². The number of hydrogen-bond acceptors (Lipinski definition) is 4. The predicted molar refractivity (Wildman–Crippen MR) is 130 cm³/mol. The van der Waals surface area contributed by atoms with Gasteiger partial charge in [-0.15, -0.1) is 23.2 Å². The molecule has 184 valence electrons. The molecule has 5 heterocycles. The minimum Gasteiger partial charge on any atom is -1.00 e. The molecule has 1 aromatic rings. The molecule has 0 aliphatic carbocycles. The Labute approximate surface area is 221 Å². The van der Waals surface area contributed by atoms with Crippen molar-refractivity contribution in [1.82, 2.24) is 19.1 Å². The summed E-state index contributed by atoms with van der Waals surface area (Å²) < 4.78 is 11.0. The summed E-state index contributed by atoms with van der Waals surface area (Å²) in [6.07, 6.45) is 5.13. The monoisotopic (exact) mass is 552 g/mol. The summed E-state index contributed by atoms with van der Waals surface area (Å²) in [6.45, 7) is 10.7. The number of halogens is 4. The average molecular weight is 554 g/mol. The van der Waals surface area contributed by atoms with Crippen LogP contribution in [0.2, 0.25) is 0 Å². The Morgan fingerprint density at radius 3 is 1.64 bits per heavy atom. The van der Waals surface area contributed by atoms with Gasteiger partial charge in [0, 0.05) is 31.0 Å². The molecule has 0 radical (unpaired) electrons. The van der Waals surface area contributed by atoms with E-state index in [1.807, 2.05) is 0 Å². The quantitative estimate of drug-likeness (QED) is 0.205. The molecule has 0 unspecified atom stereocenters. The van der Waals surface area contributed by atoms with Crippen molar-refractivity contribution in [2.24, 2.45) is 0 Å². The molecule has 0 bridgehead atoms. The lowest BCUT2D eigenvalue weighted by atomic mass is 10.2. The molecule has 0 spiro atoms. The molecular weight excluding hydrogens is 521 g/mol. The number of alkyl halides is 2. The van der Waals surface area contributed by atoms with Crippen LogP contribution in [-0.4, -0.2) is 105 Å². The first-order chi connectivity index (χ1) is 15.3. The van der Waals surface area contributed by atoms with Gasteiger partial charge in [-0.1, -0.05) is 18.2 Å². The van der Waals surface area contributed by atoms with Crippen molar-refractivity contribution in [2.45, 2.75) is 25.7 Å². The Morgan fingerprint density at radius 2 is 1.15 bits per heavy atom. The van der Waals surface area contributed by atoms with Crippen LogP contribution in [0.15, 0.2) is 30.3 Å². The molecule has 0 atom stereocenters. The summed E-state index contributed by atoms with van der Waals surface area (Å²) in [5.41, 5.74) is 0. The molecule has 5 aliphatic rings. The van der Waals surface area contributed by atoms with Gasteiger partial charge >= 0.3 is 11.9 Å². The fourth-order valence-corrected chi connectivity index (χ4v) is 8.37. The Kier molecular flexibility index (Phi) is 10.1. The van der Waals surface area contributed by atoms with E-state index in [-0.39, 0.29) is 30.2 Å². The van der Waals surface area contributed by atoms with E-state index in [4.69, 9.17) is 23.2 Å². The zero-order valence-electron chi connectivity index (χ0n) is 18.9. The summed E-state index contributed by atoms with van der Waals surface area (Å²) in [7, 11) is -0.550. The number of guanidine groups is 2. The lowest BCUT2D eigenvalue weighted by molar-refractivity contribution is -0.739. The highest BCUT2D eigenvalue weighted by molar-refractivity contribution is 7.62. The summed E-state index contributed by atoms with van der Waals surface area (Å²) in [5, 5.41) is 1.69. The van der Waals surface area contributed by atoms with Crippen LogP contribution in [0.4, 0.5) is 0 Å². The van der Waals surface area contributed by atoms with Crippen LogP contribution in [0.3, 0.4) is 0 Å². The molecule has 0 amide bonds. The first-order valence-electron chi connectivity index (χ1n) is 11.6. The maximum atomic E-state index is 4.76. The third-order valence-corrected chi connectivity index (χ3v) is 9.12. The van der Waals surface area contributed by atoms with Gasteiger partial charge in [-0.2, -0.15) is 0 Å². The van der Waals surface area contributed by atoms with Crippen molar-refractivity contribution in [1.29, 1.82) is 0 Å². The van der Waals surface area contributed by atoms with Crippen LogP contribution in [0.5, 0.6) is 0 Å². The van der Waals surface area contributed by atoms with Gasteiger partial charge in [-0.25, -0.2) is 18.5 Å². The van der Waals surface area contributed by atoms with Crippen LogP contribution in [0.1, 0.15) is 25.7 Å². The lowest BCUT2D eigenvalue weighted by Gasteiger charge is -2.46. The fraction of sp³-hybridized carbons (Fsp3) is 0.636. The smallest absolute Gasteiger partial charge is 0.358 e. The number of benzene rings is 1. The standard InChI is InChI=1S/C21H31N6P.CH2Cl2.2ClH/c1-2-8-19(9-3-1)28-26-16-6-12-22-10-4-14-24(20(22)26)18-25-15-5-11-23-13-7-17-27(28)21(23)25;2-1-3;;/h1-3,8-9H,4-7,10-18H2;1H2;2*1H/q+2;;;/p-2. The summed E-state index contributed by atoms with van der Waals surface area (Å²) >= 11 is 9.53. The first-order valence-corrected chi connectivity index (χ1v) is 13.9. The highest BCUT2D eigenvalue weighted by Gasteiger charge is 2.52. The van der Waals surface area contributed by atoms with Crippen LogP contribution in [-0.2, 0) is 0 Å². The molecule has 33 heavy (non-hydrogen) atoms. The van der Waals surface area contributed by atoms with Gasteiger partial charge < -0.3 is 24.8 Å². The van der Waals surface area contributed by atoms with E-state index in [9.17, 15) is 0 Å². The minimum atomic E-state index is -0.550. The van der Waals surface area contributed by atoms with Gasteiger partial charge in [0.2, 0.25) is 0 Å². The van der Waals surface area contributed by atoms with E-state index in [1.54, 1.807) is 0 Å². The highest BCUT2D eigenvalue weighted by Crippen LogP contribution is 2.48. The number of nitrogens with zero attached hydrogens (tertiary/aromatic N) is 6. The largest absolute Gasteiger partial charge is 1.00 e. The van der Waals surface area contributed by atoms with Crippen molar-refractivity contribution in [3.05, 3.63) is 30.3 Å². The van der Waals surface area contributed by atoms with Crippen LogP contribution < -0.4 is 30.1 Å². The van der Waals surface area contributed by atoms with E-state index in [1.165, 1.54) is 95.3 Å². The zero-order valence-corrected chi connectivity index (χ0v) is 22.8. The van der Waals surface area contributed by atoms with E-state index < -0.39 is 8.22 Å². The average Bonchev–Trinajstić information content (AvgIpc) is 2.80. The molecular formula is C22H33Cl4N6P. The van der Waals surface area contributed by atoms with Crippen LogP contribution in [0.25, 0.3) is 0 Å². The normalized spacial score (nSPS) is 22.1. The Morgan fingerprint density at radius 1 is 0.697 bits per heavy atom. The summed E-state index contributed by atoms with van der Waals surface area (Å²) in [6, 6.07) is 11.4. The van der Waals surface area contributed by atoms with Crippen molar-refractivity contribution in [2.75, 3.05) is 64.4 Å². The van der Waals surface area contributed by atoms with Crippen molar-refractivity contribution >= 4 is 48.6 Å². The second-order valence-electron chi connectivity index (χ2n) is 8.63. The van der Waals surface area contributed by atoms with Gasteiger partial charge in [0.05, 0.1) is 57.7 Å². The third-order valence-electron chi connectivity index (χ3n) is 6.69. The molecule has 0 aromatic heterocycles. The molecule has 5 aliphatic heterocycles. The molecule has 2 fully saturated rings. The molecule has 6 nitrogen and oxygen atoms in total. The SMILES string of the molecule is ClCCl.[Cl-].[Cl-].c1ccc(P2N3CCCN4CCC[N+](=C43)C[N+]3=C4N(CCCN42)CCC3)cc1. The second-order valence-corrected chi connectivity index (χ2v) is 11.5. The maximum absolute atomic E-state index is 4.76. The second kappa shape index (κ2) is 12.4. The Bertz CT molecular complexity index is 807. The Balaban J connectivity index is 0.000000583. The summed E-state index contributed by atoms with van der Waals surface area (Å²) in [5.74, 6) is 3.04. The summed E-state index contributed by atoms with van der Waals surface area (Å²) in [4.78, 5) is 5.36. The highest BCUT2D eigenvalue weighted by atomic mass is 35.5. The number of rotatable bonds is 1. The van der Waals surface area contributed by atoms with Gasteiger partial charge in [0.15, 0.2) is 6.67 Å². The van der Waals surface area contributed by atoms with Crippen molar-refractivity contribution in [3.8, 4) is 0 Å². The first kappa shape index (κ1) is 26.9. The maximum Gasteiger partial charge on any atom is 0.358 e. The van der Waals surface area contributed by atoms with Crippen LogP contribution >= 0.6 is 31.4 Å². The Hall–Kier alpha value is -0.650. The molecule has 6 rings (SSSR count). The molecule has 1 aromatic carbocycles. The number of hydrogen-bond donors (Lipinski definition) is 0. The molecule has 0 N–H and O–H groups in total. The molecule has 11 heteroatoms. The minimum absolute atomic E-state index is 0. The van der Waals surface area contributed by atoms with Crippen LogP contribution in [0, 0.1) is 0 Å². The van der Waals surface area contributed by atoms with Gasteiger partial charge in [0.1, 0.15) is 0 Å². The van der Waals surface area contributed by atoms with E-state index >= 15 is 0 Å². The third kappa shape index (κ3) is 5.30. The topological polar surface area (TPSA) is 19.0 Å². The predicted octanol–water partition coefficient (Wildman–Crippen LogP) is -3.42. The van der Waals surface area contributed by atoms with E-state index in [0.717, 1.165) is 6.67 Å². The zero-order chi connectivity index (χ0) is 21.2. The molecule has 2 saturated heterocycles. The van der Waals surface area contributed by atoms with Gasteiger partial charge in [-0.3, -0.25) is 9.80 Å². The molecule has 0 saturated carbocycles. The fourth-order valence-electron chi connectivity index (χ4n) is 5.61. The van der Waals surface area contributed by atoms with E-state index in [2.05, 4.69) is 58.6 Å². The van der Waals surface area contributed by atoms with Crippen molar-refractivity contribution in [3.63, 3.8) is 0 Å². The van der Waals surface area contributed by atoms with Gasteiger partial charge in [-0.05, 0) is 12.1 Å². The van der Waals surface area contributed by atoms with Gasteiger partial charge in [0.25, 0.3) is 8.22 Å². The van der Waals surface area contributed by atoms with E-state index in [0.29, 0.717) is 0 Å². The lowest BCUT2D eigenvalue weighted by Crippen LogP contribution is -3.00.